The van der Waals surface area contributed by atoms with Crippen LogP contribution in [0.5, 0.6) is 0 Å². The summed E-state index contributed by atoms with van der Waals surface area (Å²) in [5.41, 5.74) is -0.973. The standard InChI is InChI=1S/C12H15NO7S/c1-3-8(14)13-5-9(15)18-10-6-4-7-12(2,19-6)11(10)21(16,17)20-7/h3,6-7,10-11H,1,4-5H2,2H3,(H,13,14). The van der Waals surface area contributed by atoms with Crippen molar-refractivity contribution in [2.45, 2.75) is 42.5 Å². The van der Waals surface area contributed by atoms with E-state index in [9.17, 15) is 18.0 Å². The van der Waals surface area contributed by atoms with Gasteiger partial charge in [0, 0.05) is 6.42 Å². The minimum Gasteiger partial charge on any atom is -0.457 e. The molecule has 0 radical (unpaired) electrons. The molecule has 3 fully saturated rings. The first-order valence-corrected chi connectivity index (χ1v) is 7.95. The Balaban J connectivity index is 1.71. The van der Waals surface area contributed by atoms with Crippen molar-refractivity contribution in [3.8, 4) is 0 Å². The zero-order valence-electron chi connectivity index (χ0n) is 11.3. The fraction of sp³-hybridized carbons (Fsp3) is 0.667. The van der Waals surface area contributed by atoms with Crippen molar-refractivity contribution in [2.75, 3.05) is 6.54 Å². The Morgan fingerprint density at radius 3 is 2.90 bits per heavy atom. The Hall–Kier alpha value is -1.45. The average molecular weight is 317 g/mol. The SMILES string of the molecule is C=CC(=O)NCC(=O)OC1C2CC3OS(=O)(=O)C1C3(C)O2. The normalized spacial score (nSPS) is 41.8. The van der Waals surface area contributed by atoms with Crippen molar-refractivity contribution < 1.29 is 31.7 Å². The second-order valence-electron chi connectivity index (χ2n) is 5.45. The van der Waals surface area contributed by atoms with E-state index in [1.807, 2.05) is 0 Å². The summed E-state index contributed by atoms with van der Waals surface area (Å²) in [6, 6.07) is 0. The lowest BCUT2D eigenvalue weighted by Crippen LogP contribution is -2.49. The molecule has 21 heavy (non-hydrogen) atoms. The van der Waals surface area contributed by atoms with Gasteiger partial charge in [-0.25, -0.2) is 0 Å². The van der Waals surface area contributed by atoms with Crippen molar-refractivity contribution in [3.63, 3.8) is 0 Å². The highest BCUT2D eigenvalue weighted by molar-refractivity contribution is 7.87. The molecule has 9 heteroatoms. The van der Waals surface area contributed by atoms with Crippen LogP contribution in [-0.2, 0) is 33.4 Å². The highest BCUT2D eigenvalue weighted by atomic mass is 32.2. The Morgan fingerprint density at radius 2 is 2.24 bits per heavy atom. The molecule has 5 atom stereocenters. The van der Waals surface area contributed by atoms with Crippen LogP contribution in [0.1, 0.15) is 13.3 Å². The Kier molecular flexibility index (Phi) is 3.12. The van der Waals surface area contributed by atoms with Gasteiger partial charge < -0.3 is 14.8 Å². The first-order valence-electron chi connectivity index (χ1n) is 6.47. The highest BCUT2D eigenvalue weighted by Crippen LogP contribution is 2.54. The molecule has 5 unspecified atom stereocenters. The minimum absolute atomic E-state index is 0.359. The molecule has 3 aliphatic heterocycles. The lowest BCUT2D eigenvalue weighted by molar-refractivity contribution is -0.151. The third-order valence-electron chi connectivity index (χ3n) is 4.14. The summed E-state index contributed by atoms with van der Waals surface area (Å²) >= 11 is 0. The summed E-state index contributed by atoms with van der Waals surface area (Å²) in [6.07, 6.45) is -0.543. The van der Waals surface area contributed by atoms with E-state index in [4.69, 9.17) is 13.7 Å². The second-order valence-corrected chi connectivity index (χ2v) is 7.14. The zero-order chi connectivity index (χ0) is 15.4. The van der Waals surface area contributed by atoms with E-state index in [0.29, 0.717) is 6.42 Å². The van der Waals surface area contributed by atoms with E-state index in [2.05, 4.69) is 11.9 Å². The summed E-state index contributed by atoms with van der Waals surface area (Å²) in [5.74, 6) is -1.24. The van der Waals surface area contributed by atoms with Gasteiger partial charge in [-0.1, -0.05) is 6.58 Å². The maximum atomic E-state index is 12.0. The molecule has 1 N–H and O–H groups in total. The lowest BCUT2D eigenvalue weighted by Gasteiger charge is -2.26. The van der Waals surface area contributed by atoms with Gasteiger partial charge >= 0.3 is 5.97 Å². The third-order valence-corrected chi connectivity index (χ3v) is 6.00. The van der Waals surface area contributed by atoms with Crippen LogP contribution in [0.25, 0.3) is 0 Å². The van der Waals surface area contributed by atoms with E-state index in [1.54, 1.807) is 6.92 Å². The molecule has 8 nitrogen and oxygen atoms in total. The second kappa shape index (κ2) is 4.52. The third kappa shape index (κ3) is 2.07. The van der Waals surface area contributed by atoms with Crippen LogP contribution in [0.2, 0.25) is 0 Å². The first kappa shape index (κ1) is 14.5. The molecule has 0 spiro atoms. The molecule has 0 aromatic heterocycles. The number of hydrogen-bond donors (Lipinski definition) is 1. The number of carbonyl (C=O) groups excluding carboxylic acids is 2. The van der Waals surface area contributed by atoms with Gasteiger partial charge in [-0.05, 0) is 13.0 Å². The molecule has 0 saturated carbocycles. The predicted molar refractivity (Wildman–Crippen MR) is 68.6 cm³/mol. The summed E-state index contributed by atoms with van der Waals surface area (Å²) in [4.78, 5) is 22.7. The largest absolute Gasteiger partial charge is 0.457 e. The average Bonchev–Trinajstić information content (AvgIpc) is 2.88. The van der Waals surface area contributed by atoms with Crippen molar-refractivity contribution in [1.82, 2.24) is 5.32 Å². The number of fused-ring (bicyclic) bond motifs is 1. The van der Waals surface area contributed by atoms with Gasteiger partial charge in [0.1, 0.15) is 18.2 Å². The number of esters is 1. The maximum absolute atomic E-state index is 12.0. The number of nitrogens with one attached hydrogen (secondary N) is 1. The van der Waals surface area contributed by atoms with Gasteiger partial charge in [-0.2, -0.15) is 8.42 Å². The van der Waals surface area contributed by atoms with Crippen LogP contribution in [0.4, 0.5) is 0 Å². The van der Waals surface area contributed by atoms with Gasteiger partial charge in [0.25, 0.3) is 10.1 Å². The molecule has 3 rings (SSSR count). The molecular formula is C12H15NO7S. The first-order chi connectivity index (χ1) is 9.78. The number of ether oxygens (including phenoxy) is 2. The van der Waals surface area contributed by atoms with E-state index >= 15 is 0 Å². The molecule has 0 aliphatic carbocycles. The van der Waals surface area contributed by atoms with Crippen LogP contribution in [-0.4, -0.2) is 56.0 Å². The number of rotatable bonds is 4. The van der Waals surface area contributed by atoms with Crippen LogP contribution in [0.3, 0.4) is 0 Å². The quantitative estimate of drug-likeness (QED) is 0.396. The van der Waals surface area contributed by atoms with Crippen LogP contribution in [0, 0.1) is 0 Å². The van der Waals surface area contributed by atoms with Crippen LogP contribution in [0.15, 0.2) is 12.7 Å². The summed E-state index contributed by atoms with van der Waals surface area (Å²) in [7, 11) is -3.83. The van der Waals surface area contributed by atoms with Crippen molar-refractivity contribution in [3.05, 3.63) is 12.7 Å². The fourth-order valence-electron chi connectivity index (χ4n) is 3.24. The minimum atomic E-state index is -3.83. The fourth-order valence-corrected chi connectivity index (χ4v) is 5.29. The number of carbonyl (C=O) groups is 2. The maximum Gasteiger partial charge on any atom is 0.325 e. The van der Waals surface area contributed by atoms with Gasteiger partial charge in [-0.3, -0.25) is 13.8 Å². The van der Waals surface area contributed by atoms with Gasteiger partial charge in [0.15, 0.2) is 11.4 Å². The van der Waals surface area contributed by atoms with Crippen LogP contribution < -0.4 is 5.32 Å². The zero-order valence-corrected chi connectivity index (χ0v) is 12.1. The molecule has 0 aromatic carbocycles. The molecule has 3 heterocycles. The van der Waals surface area contributed by atoms with Gasteiger partial charge in [0.05, 0.1) is 6.10 Å². The monoisotopic (exact) mass is 317 g/mol. The van der Waals surface area contributed by atoms with E-state index in [-0.39, 0.29) is 6.54 Å². The number of hydrogen-bond acceptors (Lipinski definition) is 7. The summed E-state index contributed by atoms with van der Waals surface area (Å²) in [5, 5.41) is 1.25. The molecule has 116 valence electrons. The number of amides is 1. The Labute approximate surface area is 121 Å². The van der Waals surface area contributed by atoms with Crippen LogP contribution >= 0.6 is 0 Å². The molecule has 3 aliphatic rings. The Morgan fingerprint density at radius 1 is 1.52 bits per heavy atom. The van der Waals surface area contributed by atoms with Crippen molar-refractivity contribution in [1.29, 1.82) is 0 Å². The Bertz CT molecular complexity index is 615. The summed E-state index contributed by atoms with van der Waals surface area (Å²) in [6.45, 7) is 4.55. The smallest absolute Gasteiger partial charge is 0.325 e. The van der Waals surface area contributed by atoms with E-state index < -0.39 is 51.2 Å². The summed E-state index contributed by atoms with van der Waals surface area (Å²) < 4.78 is 39.9. The van der Waals surface area contributed by atoms with E-state index in [0.717, 1.165) is 6.08 Å². The molecule has 0 aromatic rings. The van der Waals surface area contributed by atoms with Gasteiger partial charge in [-0.15, -0.1) is 0 Å². The predicted octanol–water partition coefficient (Wildman–Crippen LogP) is -1.14. The lowest BCUT2D eigenvalue weighted by atomic mass is 9.85. The van der Waals surface area contributed by atoms with Crippen molar-refractivity contribution >= 4 is 22.0 Å². The van der Waals surface area contributed by atoms with Crippen molar-refractivity contribution in [2.24, 2.45) is 0 Å². The molecule has 2 bridgehead atoms. The highest BCUT2D eigenvalue weighted by Gasteiger charge is 2.74. The molecule has 3 saturated heterocycles. The topological polar surface area (TPSA) is 108 Å². The molecule has 1 amide bonds. The van der Waals surface area contributed by atoms with Gasteiger partial charge in [0.2, 0.25) is 5.91 Å². The molecular weight excluding hydrogens is 302 g/mol. The van der Waals surface area contributed by atoms with E-state index in [1.165, 1.54) is 0 Å².